The van der Waals surface area contributed by atoms with Crippen LogP contribution in [0.5, 0.6) is 0 Å². The van der Waals surface area contributed by atoms with E-state index in [2.05, 4.69) is 0 Å². The van der Waals surface area contributed by atoms with E-state index >= 15 is 0 Å². The Kier molecular flexibility index (Phi) is 5.15. The maximum atomic E-state index is 12.2. The molecule has 1 aliphatic carbocycles. The van der Waals surface area contributed by atoms with E-state index in [-0.39, 0.29) is 43.1 Å². The minimum absolute atomic E-state index is 0.0390. The van der Waals surface area contributed by atoms with E-state index in [1.54, 1.807) is 4.90 Å². The van der Waals surface area contributed by atoms with Crippen molar-refractivity contribution in [3.8, 4) is 0 Å². The lowest BCUT2D eigenvalue weighted by Gasteiger charge is -2.34. The molecule has 0 bridgehead atoms. The van der Waals surface area contributed by atoms with Crippen LogP contribution in [-0.4, -0.2) is 53.6 Å². The fraction of sp³-hybridized carbons (Fsp3) is 0.800. The zero-order chi connectivity index (χ0) is 14.5. The molecule has 2 rings (SSSR count). The van der Waals surface area contributed by atoms with Crippen molar-refractivity contribution in [3.63, 3.8) is 0 Å². The molecular formula is C15H24N2O3. The molecule has 1 saturated carbocycles. The molecule has 1 heterocycles. The summed E-state index contributed by atoms with van der Waals surface area (Å²) in [6.45, 7) is 2.92. The van der Waals surface area contributed by atoms with E-state index in [0.29, 0.717) is 6.54 Å². The predicted molar refractivity (Wildman–Crippen MR) is 75.0 cm³/mol. The molecule has 2 aliphatic rings. The van der Waals surface area contributed by atoms with Crippen molar-refractivity contribution in [2.45, 2.75) is 45.4 Å². The van der Waals surface area contributed by atoms with Gasteiger partial charge in [0.1, 0.15) is 6.54 Å². The lowest BCUT2D eigenvalue weighted by atomic mass is 9.86. The first kappa shape index (κ1) is 15.0. The Morgan fingerprint density at radius 3 is 2.30 bits per heavy atom. The van der Waals surface area contributed by atoms with Crippen LogP contribution in [0.3, 0.4) is 0 Å². The predicted octanol–water partition coefficient (Wildman–Crippen LogP) is 1.22. The average molecular weight is 280 g/mol. The standard InChI is InChI=1S/C15H24N2O3/c1-2-8-16-10-15(20)17(11-14(16)19)9-13(18)12-6-4-3-5-7-12/h12H,2-11H2,1H3. The second kappa shape index (κ2) is 6.86. The molecule has 0 aromatic carbocycles. The highest BCUT2D eigenvalue weighted by atomic mass is 16.2. The molecule has 112 valence electrons. The fourth-order valence-electron chi connectivity index (χ4n) is 3.06. The van der Waals surface area contributed by atoms with Crippen molar-refractivity contribution >= 4 is 17.6 Å². The number of carbonyl (C=O) groups is 3. The van der Waals surface area contributed by atoms with E-state index in [1.807, 2.05) is 6.92 Å². The van der Waals surface area contributed by atoms with Crippen molar-refractivity contribution in [2.24, 2.45) is 5.92 Å². The van der Waals surface area contributed by atoms with Crippen LogP contribution in [-0.2, 0) is 14.4 Å². The molecule has 0 aromatic rings. The number of hydrogen-bond acceptors (Lipinski definition) is 3. The van der Waals surface area contributed by atoms with Gasteiger partial charge >= 0.3 is 0 Å². The van der Waals surface area contributed by atoms with Crippen LogP contribution < -0.4 is 0 Å². The average Bonchev–Trinajstić information content (AvgIpc) is 2.45. The molecule has 5 heteroatoms. The number of rotatable bonds is 5. The summed E-state index contributed by atoms with van der Waals surface area (Å²) >= 11 is 0. The maximum Gasteiger partial charge on any atom is 0.243 e. The summed E-state index contributed by atoms with van der Waals surface area (Å²) in [5.41, 5.74) is 0. The molecule has 0 spiro atoms. The van der Waals surface area contributed by atoms with Crippen molar-refractivity contribution in [1.82, 2.24) is 9.80 Å². The molecule has 0 atom stereocenters. The van der Waals surface area contributed by atoms with E-state index in [0.717, 1.165) is 32.1 Å². The molecule has 1 saturated heterocycles. The van der Waals surface area contributed by atoms with Gasteiger partial charge in [0.15, 0.2) is 5.78 Å². The largest absolute Gasteiger partial charge is 0.332 e. The van der Waals surface area contributed by atoms with Crippen LogP contribution in [0.4, 0.5) is 0 Å². The molecule has 2 fully saturated rings. The van der Waals surface area contributed by atoms with Gasteiger partial charge in [-0.3, -0.25) is 14.4 Å². The van der Waals surface area contributed by atoms with Gasteiger partial charge in [-0.05, 0) is 19.3 Å². The van der Waals surface area contributed by atoms with E-state index < -0.39 is 0 Å². The SMILES string of the molecule is CCCN1CC(=O)N(CC(=O)C2CCCCC2)CC1=O. The van der Waals surface area contributed by atoms with Crippen LogP contribution in [0.1, 0.15) is 45.4 Å². The number of hydrogen-bond donors (Lipinski definition) is 0. The van der Waals surface area contributed by atoms with Gasteiger partial charge in [0.05, 0.1) is 13.1 Å². The number of carbonyl (C=O) groups excluding carboxylic acids is 3. The van der Waals surface area contributed by atoms with Gasteiger partial charge in [-0.2, -0.15) is 0 Å². The topological polar surface area (TPSA) is 57.7 Å². The Morgan fingerprint density at radius 2 is 1.65 bits per heavy atom. The summed E-state index contributed by atoms with van der Waals surface area (Å²) in [6.07, 6.45) is 6.14. The quantitative estimate of drug-likeness (QED) is 0.761. The van der Waals surface area contributed by atoms with Gasteiger partial charge in [0.25, 0.3) is 0 Å². The fourth-order valence-corrected chi connectivity index (χ4v) is 3.06. The first-order valence-electron chi connectivity index (χ1n) is 7.70. The highest BCUT2D eigenvalue weighted by molar-refractivity contribution is 5.95. The summed E-state index contributed by atoms with van der Waals surface area (Å²) in [4.78, 5) is 39.2. The van der Waals surface area contributed by atoms with Crippen LogP contribution in [0.25, 0.3) is 0 Å². The molecule has 5 nitrogen and oxygen atoms in total. The van der Waals surface area contributed by atoms with Gasteiger partial charge in [0, 0.05) is 12.5 Å². The second-order valence-electron chi connectivity index (χ2n) is 5.87. The first-order valence-corrected chi connectivity index (χ1v) is 7.70. The summed E-state index contributed by atoms with van der Waals surface area (Å²) < 4.78 is 0. The minimum atomic E-state index is -0.0952. The van der Waals surface area contributed by atoms with Crippen LogP contribution in [0, 0.1) is 5.92 Å². The maximum absolute atomic E-state index is 12.2. The molecule has 0 unspecified atom stereocenters. The van der Waals surface area contributed by atoms with E-state index in [4.69, 9.17) is 0 Å². The van der Waals surface area contributed by atoms with Gasteiger partial charge in [-0.1, -0.05) is 26.2 Å². The molecule has 0 aromatic heterocycles. The number of Topliss-reactive ketones (excluding diaryl/α,β-unsaturated/α-hetero) is 1. The van der Waals surface area contributed by atoms with Crippen molar-refractivity contribution in [2.75, 3.05) is 26.2 Å². The van der Waals surface area contributed by atoms with Crippen LogP contribution in [0.2, 0.25) is 0 Å². The van der Waals surface area contributed by atoms with Crippen molar-refractivity contribution in [3.05, 3.63) is 0 Å². The molecule has 1 aliphatic heterocycles. The summed E-state index contributed by atoms with van der Waals surface area (Å²) in [5, 5.41) is 0. The summed E-state index contributed by atoms with van der Waals surface area (Å²) in [5.74, 6) is 0.0974. The number of amides is 2. The zero-order valence-corrected chi connectivity index (χ0v) is 12.3. The number of ketones is 1. The number of nitrogens with zero attached hydrogens (tertiary/aromatic N) is 2. The molecule has 20 heavy (non-hydrogen) atoms. The van der Waals surface area contributed by atoms with Crippen LogP contribution >= 0.6 is 0 Å². The zero-order valence-electron chi connectivity index (χ0n) is 12.3. The van der Waals surface area contributed by atoms with Gasteiger partial charge in [-0.25, -0.2) is 0 Å². The lowest BCUT2D eigenvalue weighted by molar-refractivity contribution is -0.151. The third-order valence-corrected chi connectivity index (χ3v) is 4.26. The Balaban J connectivity index is 1.88. The summed E-state index contributed by atoms with van der Waals surface area (Å²) in [7, 11) is 0. The molecule has 0 N–H and O–H groups in total. The smallest absolute Gasteiger partial charge is 0.243 e. The highest BCUT2D eigenvalue weighted by Crippen LogP contribution is 2.24. The molecule has 2 amide bonds. The third-order valence-electron chi connectivity index (χ3n) is 4.26. The minimum Gasteiger partial charge on any atom is -0.332 e. The Morgan fingerprint density at radius 1 is 1.05 bits per heavy atom. The second-order valence-corrected chi connectivity index (χ2v) is 5.87. The van der Waals surface area contributed by atoms with Gasteiger partial charge < -0.3 is 9.80 Å². The van der Waals surface area contributed by atoms with Gasteiger partial charge in [0.2, 0.25) is 11.8 Å². The monoisotopic (exact) mass is 280 g/mol. The van der Waals surface area contributed by atoms with Crippen LogP contribution in [0.15, 0.2) is 0 Å². The Labute approximate surface area is 120 Å². The normalized spacial score (nSPS) is 21.4. The number of piperazine rings is 1. The highest BCUT2D eigenvalue weighted by Gasteiger charge is 2.32. The molecule has 0 radical (unpaired) electrons. The van der Waals surface area contributed by atoms with E-state index in [9.17, 15) is 14.4 Å². The Bertz CT molecular complexity index is 389. The van der Waals surface area contributed by atoms with E-state index in [1.165, 1.54) is 11.3 Å². The molecular weight excluding hydrogens is 256 g/mol. The lowest BCUT2D eigenvalue weighted by Crippen LogP contribution is -2.55. The first-order chi connectivity index (χ1) is 9.61. The Hall–Kier alpha value is -1.39. The third kappa shape index (κ3) is 3.58. The summed E-state index contributed by atoms with van der Waals surface area (Å²) in [6, 6.07) is 0. The van der Waals surface area contributed by atoms with Crippen molar-refractivity contribution in [1.29, 1.82) is 0 Å². The van der Waals surface area contributed by atoms with Gasteiger partial charge in [-0.15, -0.1) is 0 Å². The van der Waals surface area contributed by atoms with Crippen molar-refractivity contribution < 1.29 is 14.4 Å².